The van der Waals surface area contributed by atoms with Crippen molar-refractivity contribution < 1.29 is 14.2 Å². The van der Waals surface area contributed by atoms with E-state index in [2.05, 4.69) is 24.4 Å². The van der Waals surface area contributed by atoms with E-state index in [4.69, 9.17) is 14.2 Å². The van der Waals surface area contributed by atoms with E-state index >= 15 is 0 Å². The van der Waals surface area contributed by atoms with Crippen molar-refractivity contribution in [3.63, 3.8) is 0 Å². The van der Waals surface area contributed by atoms with Gasteiger partial charge in [-0.05, 0) is 48.4 Å². The SMILES string of the molecule is COCCOc1cccc(Nc2ccc(OCc3ccccc3)cc2C)c1. The highest BCUT2D eigenvalue weighted by Gasteiger charge is 2.04. The van der Waals surface area contributed by atoms with E-state index in [1.165, 1.54) is 0 Å². The predicted octanol–water partition coefficient (Wildman–Crippen LogP) is 5.34. The summed E-state index contributed by atoms with van der Waals surface area (Å²) >= 11 is 0. The summed E-state index contributed by atoms with van der Waals surface area (Å²) in [5.74, 6) is 1.68. The Labute approximate surface area is 160 Å². The van der Waals surface area contributed by atoms with Gasteiger partial charge in [0.05, 0.1) is 6.61 Å². The molecule has 3 aromatic rings. The van der Waals surface area contributed by atoms with Gasteiger partial charge in [-0.15, -0.1) is 0 Å². The molecule has 140 valence electrons. The molecule has 27 heavy (non-hydrogen) atoms. The number of anilines is 2. The van der Waals surface area contributed by atoms with Gasteiger partial charge in [-0.2, -0.15) is 0 Å². The molecule has 0 unspecified atom stereocenters. The number of benzene rings is 3. The molecule has 0 aromatic heterocycles. The second-order valence-corrected chi connectivity index (χ2v) is 6.25. The smallest absolute Gasteiger partial charge is 0.121 e. The van der Waals surface area contributed by atoms with Gasteiger partial charge in [0.25, 0.3) is 0 Å². The topological polar surface area (TPSA) is 39.7 Å². The van der Waals surface area contributed by atoms with Crippen LogP contribution in [0.1, 0.15) is 11.1 Å². The monoisotopic (exact) mass is 363 g/mol. The molecular formula is C23H25NO3. The average molecular weight is 363 g/mol. The Morgan fingerprint density at radius 3 is 2.37 bits per heavy atom. The highest BCUT2D eigenvalue weighted by Crippen LogP contribution is 2.27. The molecule has 0 atom stereocenters. The van der Waals surface area contributed by atoms with Crippen molar-refractivity contribution in [3.8, 4) is 11.5 Å². The van der Waals surface area contributed by atoms with E-state index in [-0.39, 0.29) is 0 Å². The van der Waals surface area contributed by atoms with E-state index in [1.807, 2.05) is 60.7 Å². The van der Waals surface area contributed by atoms with E-state index < -0.39 is 0 Å². The van der Waals surface area contributed by atoms with Crippen LogP contribution < -0.4 is 14.8 Å². The van der Waals surface area contributed by atoms with Gasteiger partial charge in [-0.3, -0.25) is 0 Å². The predicted molar refractivity (Wildman–Crippen MR) is 109 cm³/mol. The van der Waals surface area contributed by atoms with Gasteiger partial charge >= 0.3 is 0 Å². The van der Waals surface area contributed by atoms with Crippen LogP contribution in [0.4, 0.5) is 11.4 Å². The number of nitrogens with one attached hydrogen (secondary N) is 1. The third-order valence-electron chi connectivity index (χ3n) is 4.12. The number of hydrogen-bond donors (Lipinski definition) is 1. The summed E-state index contributed by atoms with van der Waals surface area (Å²) in [5, 5.41) is 3.44. The first-order chi connectivity index (χ1) is 13.2. The van der Waals surface area contributed by atoms with E-state index in [0.29, 0.717) is 19.8 Å². The molecule has 4 nitrogen and oxygen atoms in total. The first kappa shape index (κ1) is 18.8. The van der Waals surface area contributed by atoms with Crippen LogP contribution in [0, 0.1) is 6.92 Å². The van der Waals surface area contributed by atoms with Crippen molar-refractivity contribution >= 4 is 11.4 Å². The largest absolute Gasteiger partial charge is 0.491 e. The van der Waals surface area contributed by atoms with Crippen molar-refractivity contribution in [3.05, 3.63) is 83.9 Å². The fraction of sp³-hybridized carbons (Fsp3) is 0.217. The quantitative estimate of drug-likeness (QED) is 0.521. The molecule has 0 heterocycles. The molecule has 3 rings (SSSR count). The van der Waals surface area contributed by atoms with Crippen LogP contribution in [0.25, 0.3) is 0 Å². The molecule has 1 N–H and O–H groups in total. The van der Waals surface area contributed by atoms with Crippen LogP contribution in [0.15, 0.2) is 72.8 Å². The Balaban J connectivity index is 1.61. The van der Waals surface area contributed by atoms with Crippen LogP contribution in [-0.4, -0.2) is 20.3 Å². The molecule has 0 bridgehead atoms. The van der Waals surface area contributed by atoms with E-state index in [1.54, 1.807) is 7.11 Å². The summed E-state index contributed by atoms with van der Waals surface area (Å²) in [5.41, 5.74) is 4.29. The number of rotatable bonds is 9. The lowest BCUT2D eigenvalue weighted by atomic mass is 10.1. The van der Waals surface area contributed by atoms with Crippen LogP contribution in [0.5, 0.6) is 11.5 Å². The van der Waals surface area contributed by atoms with E-state index in [9.17, 15) is 0 Å². The van der Waals surface area contributed by atoms with Gasteiger partial charge < -0.3 is 19.5 Å². The van der Waals surface area contributed by atoms with Crippen molar-refractivity contribution in [2.75, 3.05) is 25.6 Å². The molecule has 4 heteroatoms. The zero-order valence-electron chi connectivity index (χ0n) is 15.8. The second-order valence-electron chi connectivity index (χ2n) is 6.25. The fourth-order valence-electron chi connectivity index (χ4n) is 2.67. The lowest BCUT2D eigenvalue weighted by Gasteiger charge is -2.13. The molecule has 0 fully saturated rings. The first-order valence-corrected chi connectivity index (χ1v) is 9.01. The zero-order valence-corrected chi connectivity index (χ0v) is 15.8. The lowest BCUT2D eigenvalue weighted by molar-refractivity contribution is 0.146. The average Bonchev–Trinajstić information content (AvgIpc) is 2.70. The molecule has 0 amide bonds. The minimum absolute atomic E-state index is 0.534. The normalized spacial score (nSPS) is 10.4. The maximum Gasteiger partial charge on any atom is 0.121 e. The zero-order chi connectivity index (χ0) is 18.9. The van der Waals surface area contributed by atoms with Crippen molar-refractivity contribution in [2.45, 2.75) is 13.5 Å². The number of aryl methyl sites for hydroxylation is 1. The minimum atomic E-state index is 0.534. The Morgan fingerprint density at radius 1 is 0.778 bits per heavy atom. The number of hydrogen-bond acceptors (Lipinski definition) is 4. The van der Waals surface area contributed by atoms with Gasteiger partial charge in [-0.25, -0.2) is 0 Å². The molecule has 0 aliphatic carbocycles. The molecule has 0 spiro atoms. The molecule has 0 aliphatic heterocycles. The maximum absolute atomic E-state index is 5.89. The Morgan fingerprint density at radius 2 is 1.59 bits per heavy atom. The van der Waals surface area contributed by atoms with Crippen LogP contribution in [0.2, 0.25) is 0 Å². The standard InChI is InChI=1S/C23H25NO3/c1-18-15-22(27-17-19-7-4-3-5-8-19)11-12-23(18)24-20-9-6-10-21(16-20)26-14-13-25-2/h3-12,15-16,24H,13-14,17H2,1-2H3. The summed E-state index contributed by atoms with van der Waals surface area (Å²) in [6.45, 7) is 3.73. The first-order valence-electron chi connectivity index (χ1n) is 9.01. The summed E-state index contributed by atoms with van der Waals surface area (Å²) < 4.78 is 16.6. The second kappa shape index (κ2) is 9.64. The number of ether oxygens (including phenoxy) is 3. The summed E-state index contributed by atoms with van der Waals surface area (Å²) in [7, 11) is 1.66. The summed E-state index contributed by atoms with van der Waals surface area (Å²) in [6, 6.07) is 24.1. The van der Waals surface area contributed by atoms with Gasteiger partial charge in [0.2, 0.25) is 0 Å². The minimum Gasteiger partial charge on any atom is -0.491 e. The van der Waals surface area contributed by atoms with Crippen molar-refractivity contribution in [1.29, 1.82) is 0 Å². The lowest BCUT2D eigenvalue weighted by Crippen LogP contribution is -2.04. The highest BCUT2D eigenvalue weighted by molar-refractivity contribution is 5.65. The molecule has 0 saturated heterocycles. The molecule has 0 saturated carbocycles. The van der Waals surface area contributed by atoms with Gasteiger partial charge in [-0.1, -0.05) is 36.4 Å². The fourth-order valence-corrected chi connectivity index (χ4v) is 2.67. The van der Waals surface area contributed by atoms with Crippen molar-refractivity contribution in [1.82, 2.24) is 0 Å². The Hall–Kier alpha value is -2.98. The Bertz CT molecular complexity index is 849. The summed E-state index contributed by atoms with van der Waals surface area (Å²) in [6.07, 6.45) is 0. The molecular weight excluding hydrogens is 338 g/mol. The molecule has 0 radical (unpaired) electrons. The van der Waals surface area contributed by atoms with Crippen LogP contribution in [-0.2, 0) is 11.3 Å². The van der Waals surface area contributed by atoms with Gasteiger partial charge in [0, 0.05) is 24.6 Å². The molecule has 0 aliphatic rings. The highest BCUT2D eigenvalue weighted by atomic mass is 16.5. The number of methoxy groups -OCH3 is 1. The maximum atomic E-state index is 5.89. The van der Waals surface area contributed by atoms with Gasteiger partial charge in [0.1, 0.15) is 24.7 Å². The van der Waals surface area contributed by atoms with Gasteiger partial charge in [0.15, 0.2) is 0 Å². The van der Waals surface area contributed by atoms with Crippen LogP contribution >= 0.6 is 0 Å². The van der Waals surface area contributed by atoms with Crippen LogP contribution in [0.3, 0.4) is 0 Å². The Kier molecular flexibility index (Phi) is 6.72. The third kappa shape index (κ3) is 5.76. The van der Waals surface area contributed by atoms with Crippen molar-refractivity contribution in [2.24, 2.45) is 0 Å². The van der Waals surface area contributed by atoms with E-state index in [0.717, 1.165) is 34.0 Å². The summed E-state index contributed by atoms with van der Waals surface area (Å²) in [4.78, 5) is 0. The molecule has 3 aromatic carbocycles. The third-order valence-corrected chi connectivity index (χ3v) is 4.12.